The first-order valence-corrected chi connectivity index (χ1v) is 9.23. The molecule has 0 aliphatic rings. The van der Waals surface area contributed by atoms with Gasteiger partial charge in [-0.1, -0.05) is 30.8 Å². The number of aryl methyl sites for hydroxylation is 2. The summed E-state index contributed by atoms with van der Waals surface area (Å²) in [6.45, 7) is 8.86. The molecule has 4 aromatic rings. The predicted molar refractivity (Wildman–Crippen MR) is 110 cm³/mol. The molecule has 2 aromatic carbocycles. The molecule has 2 aromatic heterocycles. The summed E-state index contributed by atoms with van der Waals surface area (Å²) in [5.74, 6) is 0.512. The number of aromatic amines is 1. The van der Waals surface area contributed by atoms with Gasteiger partial charge in [-0.2, -0.15) is 0 Å². The van der Waals surface area contributed by atoms with Crippen molar-refractivity contribution in [2.75, 3.05) is 6.54 Å². The molecule has 4 nitrogen and oxygen atoms in total. The summed E-state index contributed by atoms with van der Waals surface area (Å²) in [7, 11) is 0. The molecular weight excluding hydrogens is 353 g/mol. The molecule has 2 N–H and O–H groups in total. The minimum absolute atomic E-state index is 0.212. The highest BCUT2D eigenvalue weighted by atomic mass is 19.1. The Morgan fingerprint density at radius 1 is 1.25 bits per heavy atom. The quantitative estimate of drug-likeness (QED) is 0.476. The van der Waals surface area contributed by atoms with Crippen LogP contribution in [-0.2, 0) is 6.42 Å². The molecule has 0 saturated heterocycles. The summed E-state index contributed by atoms with van der Waals surface area (Å²) in [5, 5.41) is 4.37. The maximum absolute atomic E-state index is 14.1. The maximum atomic E-state index is 14.1. The minimum atomic E-state index is -0.212. The zero-order valence-electron chi connectivity index (χ0n) is 16.0. The smallest absolute Gasteiger partial charge is 0.181 e. The number of aromatic nitrogens is 2. The standard InChI is InChI=1S/C23H22FN3O/c1-14-7-8-20(24)23-22(14)19(16(3)27-23)9-10-26-15(2)17-5-4-6-18(11-17)21-12-25-13-28-21/h4-8,11-13,26-27H,2,9-10H2,1,3H3. The molecule has 0 unspecified atom stereocenters. The second-order valence-corrected chi connectivity index (χ2v) is 6.94. The summed E-state index contributed by atoms with van der Waals surface area (Å²) < 4.78 is 19.5. The fourth-order valence-corrected chi connectivity index (χ4v) is 3.61. The van der Waals surface area contributed by atoms with Gasteiger partial charge in [0.25, 0.3) is 0 Å². The van der Waals surface area contributed by atoms with Crippen molar-refractivity contribution in [3.8, 4) is 11.3 Å². The van der Waals surface area contributed by atoms with Crippen molar-refractivity contribution < 1.29 is 8.81 Å². The van der Waals surface area contributed by atoms with Crippen molar-refractivity contribution in [3.63, 3.8) is 0 Å². The fraction of sp³-hybridized carbons (Fsp3) is 0.174. The van der Waals surface area contributed by atoms with Crippen LogP contribution in [0, 0.1) is 19.7 Å². The number of benzene rings is 2. The second kappa shape index (κ2) is 7.35. The lowest BCUT2D eigenvalue weighted by molar-refractivity contribution is 0.572. The fourth-order valence-electron chi connectivity index (χ4n) is 3.61. The number of rotatable bonds is 6. The number of oxazole rings is 1. The number of fused-ring (bicyclic) bond motifs is 1. The average molecular weight is 375 g/mol. The van der Waals surface area contributed by atoms with Gasteiger partial charge in [0.05, 0.1) is 11.7 Å². The summed E-state index contributed by atoms with van der Waals surface area (Å²) in [4.78, 5) is 7.15. The third-order valence-electron chi connectivity index (χ3n) is 5.07. The van der Waals surface area contributed by atoms with Crippen LogP contribution in [0.2, 0.25) is 0 Å². The van der Waals surface area contributed by atoms with Gasteiger partial charge in [-0.25, -0.2) is 9.37 Å². The van der Waals surface area contributed by atoms with E-state index < -0.39 is 0 Å². The monoisotopic (exact) mass is 375 g/mol. The number of nitrogens with zero attached hydrogens (tertiary/aromatic N) is 1. The molecule has 5 heteroatoms. The highest BCUT2D eigenvalue weighted by molar-refractivity contribution is 5.88. The van der Waals surface area contributed by atoms with Crippen molar-refractivity contribution in [2.45, 2.75) is 20.3 Å². The van der Waals surface area contributed by atoms with E-state index in [0.717, 1.165) is 51.2 Å². The van der Waals surface area contributed by atoms with Crippen LogP contribution in [0.4, 0.5) is 4.39 Å². The van der Waals surface area contributed by atoms with Crippen molar-refractivity contribution >= 4 is 16.6 Å². The lowest BCUT2D eigenvalue weighted by Crippen LogP contribution is -2.15. The van der Waals surface area contributed by atoms with E-state index in [1.807, 2.05) is 44.2 Å². The Morgan fingerprint density at radius 3 is 2.89 bits per heavy atom. The summed E-state index contributed by atoms with van der Waals surface area (Å²) in [5.41, 5.74) is 6.59. The van der Waals surface area contributed by atoms with Crippen LogP contribution in [-0.4, -0.2) is 16.5 Å². The Balaban J connectivity index is 1.48. The van der Waals surface area contributed by atoms with Crippen LogP contribution < -0.4 is 5.32 Å². The van der Waals surface area contributed by atoms with Gasteiger partial charge in [-0.05, 0) is 49.1 Å². The van der Waals surface area contributed by atoms with Crippen LogP contribution in [0.5, 0.6) is 0 Å². The molecule has 0 atom stereocenters. The van der Waals surface area contributed by atoms with Gasteiger partial charge < -0.3 is 14.7 Å². The Morgan fingerprint density at radius 2 is 2.11 bits per heavy atom. The van der Waals surface area contributed by atoms with Crippen molar-refractivity contribution in [3.05, 3.63) is 83.8 Å². The van der Waals surface area contributed by atoms with Crippen LogP contribution in [0.15, 0.2) is 60.0 Å². The Kier molecular flexibility index (Phi) is 4.74. The average Bonchev–Trinajstić information content (AvgIpc) is 3.34. The zero-order chi connectivity index (χ0) is 19.7. The van der Waals surface area contributed by atoms with Crippen LogP contribution >= 0.6 is 0 Å². The Labute approximate surface area is 163 Å². The molecule has 28 heavy (non-hydrogen) atoms. The number of hydrogen-bond donors (Lipinski definition) is 2. The molecule has 0 spiro atoms. The summed E-state index contributed by atoms with van der Waals surface area (Å²) >= 11 is 0. The van der Waals surface area contributed by atoms with Gasteiger partial charge >= 0.3 is 0 Å². The molecule has 142 valence electrons. The van der Waals surface area contributed by atoms with Crippen LogP contribution in [0.25, 0.3) is 27.9 Å². The molecule has 0 fully saturated rings. The van der Waals surface area contributed by atoms with E-state index in [0.29, 0.717) is 12.1 Å². The number of nitrogens with one attached hydrogen (secondary N) is 2. The van der Waals surface area contributed by atoms with Gasteiger partial charge in [-0.15, -0.1) is 0 Å². The number of H-pyrrole nitrogens is 1. The van der Waals surface area contributed by atoms with Crippen molar-refractivity contribution in [1.82, 2.24) is 15.3 Å². The Hall–Kier alpha value is -3.34. The molecule has 4 rings (SSSR count). The Bertz CT molecular complexity index is 1140. The van der Waals surface area contributed by atoms with E-state index in [-0.39, 0.29) is 5.82 Å². The van der Waals surface area contributed by atoms with Crippen LogP contribution in [0.3, 0.4) is 0 Å². The SMILES string of the molecule is C=C(NCCc1c(C)[nH]c2c(F)ccc(C)c12)c1cccc(-c2cnco2)c1. The van der Waals surface area contributed by atoms with E-state index in [1.165, 1.54) is 12.5 Å². The highest BCUT2D eigenvalue weighted by Gasteiger charge is 2.14. The first kappa shape index (κ1) is 18.0. The van der Waals surface area contributed by atoms with Gasteiger partial charge in [0.2, 0.25) is 0 Å². The summed E-state index contributed by atoms with van der Waals surface area (Å²) in [6.07, 6.45) is 3.89. The number of hydrogen-bond acceptors (Lipinski definition) is 3. The van der Waals surface area contributed by atoms with E-state index in [9.17, 15) is 4.39 Å². The largest absolute Gasteiger partial charge is 0.444 e. The predicted octanol–water partition coefficient (Wildman–Crippen LogP) is 5.38. The number of halogens is 1. The van der Waals surface area contributed by atoms with Gasteiger partial charge in [0, 0.05) is 28.9 Å². The molecule has 2 heterocycles. The first-order valence-electron chi connectivity index (χ1n) is 9.23. The molecule has 0 aliphatic carbocycles. The van der Waals surface area contributed by atoms with Crippen molar-refractivity contribution in [1.29, 1.82) is 0 Å². The lowest BCUT2D eigenvalue weighted by Gasteiger charge is -2.11. The van der Waals surface area contributed by atoms with E-state index in [1.54, 1.807) is 6.20 Å². The van der Waals surface area contributed by atoms with E-state index in [4.69, 9.17) is 4.42 Å². The molecule has 0 saturated carbocycles. The molecule has 0 aliphatic heterocycles. The third-order valence-corrected chi connectivity index (χ3v) is 5.07. The van der Waals surface area contributed by atoms with Gasteiger partial charge in [-0.3, -0.25) is 0 Å². The molecule has 0 radical (unpaired) electrons. The van der Waals surface area contributed by atoms with E-state index in [2.05, 4.69) is 21.9 Å². The maximum Gasteiger partial charge on any atom is 0.181 e. The highest BCUT2D eigenvalue weighted by Crippen LogP contribution is 2.28. The molecular formula is C23H22FN3O. The normalized spacial score (nSPS) is 11.1. The third kappa shape index (κ3) is 3.31. The van der Waals surface area contributed by atoms with E-state index >= 15 is 0 Å². The van der Waals surface area contributed by atoms with Gasteiger partial charge in [0.15, 0.2) is 12.2 Å². The topological polar surface area (TPSA) is 53.9 Å². The molecule has 0 amide bonds. The van der Waals surface area contributed by atoms with Gasteiger partial charge in [0.1, 0.15) is 5.82 Å². The summed E-state index contributed by atoms with van der Waals surface area (Å²) in [6, 6.07) is 11.3. The first-order chi connectivity index (χ1) is 13.5. The zero-order valence-corrected chi connectivity index (χ0v) is 16.0. The lowest BCUT2D eigenvalue weighted by atomic mass is 10.0. The minimum Gasteiger partial charge on any atom is -0.444 e. The van der Waals surface area contributed by atoms with Crippen molar-refractivity contribution in [2.24, 2.45) is 0 Å². The molecule has 0 bridgehead atoms. The second-order valence-electron chi connectivity index (χ2n) is 6.94. The van der Waals surface area contributed by atoms with Crippen LogP contribution in [0.1, 0.15) is 22.4 Å².